The Labute approximate surface area is 355 Å². The van der Waals surface area contributed by atoms with Gasteiger partial charge < -0.3 is 9.15 Å². The van der Waals surface area contributed by atoms with Crippen LogP contribution in [0.25, 0.3) is 98.2 Å². The molecular formula is C55H35N3O2S. The summed E-state index contributed by atoms with van der Waals surface area (Å²) in [7, 11) is 0. The maximum atomic E-state index is 6.80. The number of furan rings is 1. The van der Waals surface area contributed by atoms with E-state index in [4.69, 9.17) is 24.1 Å². The van der Waals surface area contributed by atoms with E-state index in [2.05, 4.69) is 164 Å². The number of allylic oxidation sites excluding steroid dienone is 5. The van der Waals surface area contributed by atoms with Gasteiger partial charge in [0.1, 0.15) is 23.0 Å². The van der Waals surface area contributed by atoms with Crippen molar-refractivity contribution in [3.63, 3.8) is 0 Å². The van der Waals surface area contributed by atoms with Crippen LogP contribution in [0.4, 0.5) is 0 Å². The predicted molar refractivity (Wildman–Crippen MR) is 250 cm³/mol. The Morgan fingerprint density at radius 3 is 2.20 bits per heavy atom. The minimum absolute atomic E-state index is 0.0894. The van der Waals surface area contributed by atoms with E-state index in [0.29, 0.717) is 17.5 Å². The number of benzene rings is 7. The average molecular weight is 802 g/mol. The Balaban J connectivity index is 0.955. The maximum absolute atomic E-state index is 6.80. The van der Waals surface area contributed by atoms with Gasteiger partial charge in [-0.1, -0.05) is 133 Å². The van der Waals surface area contributed by atoms with Crippen molar-refractivity contribution in [2.75, 3.05) is 0 Å². The molecule has 10 aromatic rings. The zero-order valence-corrected chi connectivity index (χ0v) is 33.7. The molecule has 5 nitrogen and oxygen atoms in total. The standard InChI is InChI=1S/C55H35N3O2S/c1-2-12-35-29-36(28-23-32(35)11-1)54-56-53(57-55(58-54)43-18-9-17-40-39-13-5-8-22-49(39)61-52(40)43)34-26-24-33(25-27-34)44-30-37(31-48-51(44)42-15-4-7-20-46(42)60-48)38-16-10-21-47-50(38)41-14-3-6-19-45(41)59-47/h1-6,8-19,21-31,48,51H,7,20H2. The smallest absolute Gasteiger partial charge is 0.165 e. The van der Waals surface area contributed by atoms with Crippen molar-refractivity contribution in [3.8, 4) is 34.2 Å². The van der Waals surface area contributed by atoms with Crippen molar-refractivity contribution in [1.29, 1.82) is 0 Å². The molecule has 13 rings (SSSR count). The zero-order valence-electron chi connectivity index (χ0n) is 32.9. The van der Waals surface area contributed by atoms with E-state index in [1.807, 2.05) is 12.1 Å². The molecule has 2 atom stereocenters. The molecule has 4 heterocycles. The van der Waals surface area contributed by atoms with Crippen LogP contribution in [0.5, 0.6) is 0 Å². The quantitative estimate of drug-likeness (QED) is 0.173. The molecule has 0 amide bonds. The third kappa shape index (κ3) is 5.56. The third-order valence-corrected chi connectivity index (χ3v) is 13.8. The number of para-hydroxylation sites is 1. The highest BCUT2D eigenvalue weighted by Gasteiger charge is 2.40. The molecule has 0 fully saturated rings. The van der Waals surface area contributed by atoms with E-state index in [9.17, 15) is 0 Å². The summed E-state index contributed by atoms with van der Waals surface area (Å²) in [5.74, 6) is 3.14. The highest BCUT2D eigenvalue weighted by molar-refractivity contribution is 7.26. The minimum Gasteiger partial charge on any atom is -0.489 e. The summed E-state index contributed by atoms with van der Waals surface area (Å²) in [6.45, 7) is 0. The SMILES string of the molecule is C1=CC2=C(CC1)OC1C=C(c3cccc4oc5ccccc5c34)C=C(c3ccc(-c4nc(-c5ccc6ccccc6c5)nc(-c5cccc6c5sc5ccccc56)n4)cc3)C21. The van der Waals surface area contributed by atoms with Crippen LogP contribution in [0.3, 0.4) is 0 Å². The van der Waals surface area contributed by atoms with Gasteiger partial charge in [0.05, 0.1) is 5.92 Å². The van der Waals surface area contributed by atoms with Gasteiger partial charge in [-0.2, -0.15) is 0 Å². The lowest BCUT2D eigenvalue weighted by atomic mass is 9.76. The van der Waals surface area contributed by atoms with Gasteiger partial charge in [-0.3, -0.25) is 0 Å². The van der Waals surface area contributed by atoms with E-state index in [0.717, 1.165) is 79.3 Å². The number of hydrogen-bond acceptors (Lipinski definition) is 6. The maximum Gasteiger partial charge on any atom is 0.165 e. The van der Waals surface area contributed by atoms with E-state index < -0.39 is 0 Å². The molecule has 2 aliphatic carbocycles. The van der Waals surface area contributed by atoms with Gasteiger partial charge in [0.2, 0.25) is 0 Å². The van der Waals surface area contributed by atoms with Crippen molar-refractivity contribution in [2.24, 2.45) is 5.92 Å². The summed E-state index contributed by atoms with van der Waals surface area (Å²) >= 11 is 1.79. The average Bonchev–Trinajstić information content (AvgIpc) is 4.02. The summed E-state index contributed by atoms with van der Waals surface area (Å²) in [6.07, 6.45) is 11.1. The molecule has 0 bridgehead atoms. The molecule has 288 valence electrons. The minimum atomic E-state index is -0.108. The van der Waals surface area contributed by atoms with Crippen LogP contribution in [0.2, 0.25) is 0 Å². The highest BCUT2D eigenvalue weighted by Crippen LogP contribution is 2.50. The lowest BCUT2D eigenvalue weighted by molar-refractivity contribution is 0.160. The van der Waals surface area contributed by atoms with Gasteiger partial charge in [0.25, 0.3) is 0 Å². The number of nitrogens with zero attached hydrogens (tertiary/aromatic N) is 3. The Kier molecular flexibility index (Phi) is 7.66. The molecule has 0 saturated heterocycles. The van der Waals surface area contributed by atoms with Crippen LogP contribution in [-0.4, -0.2) is 21.1 Å². The van der Waals surface area contributed by atoms with Gasteiger partial charge in [-0.15, -0.1) is 11.3 Å². The number of hydrogen-bond donors (Lipinski definition) is 0. The molecule has 7 aromatic carbocycles. The Morgan fingerprint density at radius 1 is 0.574 bits per heavy atom. The Hall–Kier alpha value is -7.41. The molecule has 3 aliphatic rings. The van der Waals surface area contributed by atoms with Crippen LogP contribution in [-0.2, 0) is 4.74 Å². The first-order valence-corrected chi connectivity index (χ1v) is 21.7. The summed E-state index contributed by atoms with van der Waals surface area (Å²) in [4.78, 5) is 15.6. The molecule has 0 saturated carbocycles. The van der Waals surface area contributed by atoms with E-state index in [1.54, 1.807) is 11.3 Å². The number of rotatable bonds is 5. The number of ether oxygens (including phenoxy) is 1. The van der Waals surface area contributed by atoms with E-state index >= 15 is 0 Å². The van der Waals surface area contributed by atoms with Crippen LogP contribution in [0, 0.1) is 5.92 Å². The molecular weight excluding hydrogens is 767 g/mol. The van der Waals surface area contributed by atoms with Crippen LogP contribution in [0.1, 0.15) is 24.0 Å². The fourth-order valence-corrected chi connectivity index (χ4v) is 10.9. The van der Waals surface area contributed by atoms with Crippen molar-refractivity contribution in [1.82, 2.24) is 15.0 Å². The second-order valence-corrected chi connectivity index (χ2v) is 17.2. The van der Waals surface area contributed by atoms with Gasteiger partial charge in [0, 0.05) is 59.6 Å². The van der Waals surface area contributed by atoms with Gasteiger partial charge in [0.15, 0.2) is 17.5 Å². The van der Waals surface area contributed by atoms with Crippen LogP contribution in [0.15, 0.2) is 192 Å². The highest BCUT2D eigenvalue weighted by atomic mass is 32.1. The van der Waals surface area contributed by atoms with E-state index in [1.165, 1.54) is 36.7 Å². The summed E-state index contributed by atoms with van der Waals surface area (Å²) in [5, 5.41) is 7.03. The fourth-order valence-electron chi connectivity index (χ4n) is 9.70. The molecule has 61 heavy (non-hydrogen) atoms. The van der Waals surface area contributed by atoms with E-state index in [-0.39, 0.29) is 12.0 Å². The normalized spacial score (nSPS) is 17.2. The van der Waals surface area contributed by atoms with Gasteiger partial charge in [-0.25, -0.2) is 15.0 Å². The van der Waals surface area contributed by atoms with Crippen molar-refractivity contribution >= 4 is 75.4 Å². The second kappa shape index (κ2) is 13.6. The predicted octanol–water partition coefficient (Wildman–Crippen LogP) is 14.4. The lowest BCUT2D eigenvalue weighted by Crippen LogP contribution is -2.21. The zero-order chi connectivity index (χ0) is 40.0. The van der Waals surface area contributed by atoms with Crippen LogP contribution < -0.4 is 0 Å². The lowest BCUT2D eigenvalue weighted by Gasteiger charge is -2.27. The molecule has 1 aliphatic heterocycles. The first kappa shape index (κ1) is 34.5. The monoisotopic (exact) mass is 801 g/mol. The van der Waals surface area contributed by atoms with Crippen molar-refractivity contribution < 1.29 is 9.15 Å². The third-order valence-electron chi connectivity index (χ3n) is 12.6. The van der Waals surface area contributed by atoms with Gasteiger partial charge >= 0.3 is 0 Å². The largest absolute Gasteiger partial charge is 0.489 e. The molecule has 2 unspecified atom stereocenters. The Morgan fingerprint density at radius 2 is 1.28 bits per heavy atom. The van der Waals surface area contributed by atoms with Gasteiger partial charge in [-0.05, 0) is 82.0 Å². The molecule has 0 N–H and O–H groups in total. The first-order valence-electron chi connectivity index (χ1n) is 20.9. The second-order valence-electron chi connectivity index (χ2n) is 16.1. The topological polar surface area (TPSA) is 61.0 Å². The summed E-state index contributed by atoms with van der Waals surface area (Å²) in [6, 6.07) is 53.3. The molecule has 0 radical (unpaired) electrons. The van der Waals surface area contributed by atoms with Crippen molar-refractivity contribution in [3.05, 3.63) is 198 Å². The molecule has 3 aromatic heterocycles. The fraction of sp³-hybridized carbons (Fsp3) is 0.0727. The first-order chi connectivity index (χ1) is 30.2. The molecule has 6 heteroatoms. The number of fused-ring (bicyclic) bond motifs is 9. The summed E-state index contributed by atoms with van der Waals surface area (Å²) < 4.78 is 15.5. The number of thiophene rings is 1. The number of aromatic nitrogens is 3. The summed E-state index contributed by atoms with van der Waals surface area (Å²) in [5.41, 5.74) is 10.6. The Bertz CT molecular complexity index is 3590. The van der Waals surface area contributed by atoms with Crippen molar-refractivity contribution in [2.45, 2.75) is 18.9 Å². The van der Waals surface area contributed by atoms with Crippen LogP contribution >= 0.6 is 11.3 Å². The molecule has 0 spiro atoms.